The fraction of sp³-hybridized carbons (Fsp3) is 0.800. The fourth-order valence-electron chi connectivity index (χ4n) is 1.22. The first-order valence-electron chi connectivity index (χ1n) is 4.94. The fourth-order valence-corrected chi connectivity index (χ4v) is 1.22. The second-order valence-electron chi connectivity index (χ2n) is 3.31. The largest absolute Gasteiger partial charge is 0.385 e. The molecule has 0 rings (SSSR count). The van der Waals surface area contributed by atoms with Crippen molar-refractivity contribution in [2.24, 2.45) is 11.7 Å². The number of hydrogen-bond donors (Lipinski definition) is 1. The molecule has 4 heteroatoms. The van der Waals surface area contributed by atoms with Crippen LogP contribution in [0.4, 0.5) is 0 Å². The molecule has 1 unspecified atom stereocenters. The number of amides is 1. The molecule has 14 heavy (non-hydrogen) atoms. The number of Topliss-reactive ketones (excluding diaryl/α,β-unsaturated/α-hetero) is 1. The topological polar surface area (TPSA) is 69.4 Å². The van der Waals surface area contributed by atoms with Crippen LogP contribution in [0.1, 0.15) is 32.6 Å². The van der Waals surface area contributed by atoms with Crippen LogP contribution in [0.5, 0.6) is 0 Å². The van der Waals surface area contributed by atoms with E-state index in [0.717, 1.165) is 12.8 Å². The molecule has 0 radical (unpaired) electrons. The lowest BCUT2D eigenvalue weighted by Gasteiger charge is -2.10. The molecule has 1 atom stereocenters. The van der Waals surface area contributed by atoms with Crippen LogP contribution < -0.4 is 5.73 Å². The summed E-state index contributed by atoms with van der Waals surface area (Å²) in [5, 5.41) is 0. The van der Waals surface area contributed by atoms with E-state index in [4.69, 9.17) is 10.5 Å². The minimum atomic E-state index is -0.665. The van der Waals surface area contributed by atoms with Gasteiger partial charge >= 0.3 is 0 Å². The van der Waals surface area contributed by atoms with Gasteiger partial charge in [-0.2, -0.15) is 0 Å². The Hall–Kier alpha value is -0.900. The lowest BCUT2D eigenvalue weighted by molar-refractivity contribution is -0.133. The Balaban J connectivity index is 4.05. The summed E-state index contributed by atoms with van der Waals surface area (Å²) in [6.07, 6.45) is 2.60. The number of rotatable bonds is 8. The number of methoxy groups -OCH3 is 1. The van der Waals surface area contributed by atoms with Crippen molar-refractivity contribution in [3.63, 3.8) is 0 Å². The molecule has 0 heterocycles. The summed E-state index contributed by atoms with van der Waals surface area (Å²) in [7, 11) is 1.54. The Morgan fingerprint density at radius 1 is 1.43 bits per heavy atom. The van der Waals surface area contributed by atoms with E-state index in [9.17, 15) is 9.59 Å². The number of ketones is 1. The van der Waals surface area contributed by atoms with Crippen LogP contribution in [0.3, 0.4) is 0 Å². The highest BCUT2D eigenvalue weighted by molar-refractivity contribution is 6.00. The second kappa shape index (κ2) is 7.50. The molecule has 0 aromatic rings. The maximum Gasteiger partial charge on any atom is 0.228 e. The predicted molar refractivity (Wildman–Crippen MR) is 53.7 cm³/mol. The van der Waals surface area contributed by atoms with Crippen LogP contribution in [0, 0.1) is 5.92 Å². The highest BCUT2D eigenvalue weighted by atomic mass is 16.5. The van der Waals surface area contributed by atoms with Crippen LogP contribution >= 0.6 is 0 Å². The summed E-state index contributed by atoms with van der Waals surface area (Å²) in [5.41, 5.74) is 5.13. The van der Waals surface area contributed by atoms with Gasteiger partial charge in [0.1, 0.15) is 5.78 Å². The van der Waals surface area contributed by atoms with Gasteiger partial charge in [0.05, 0.1) is 5.92 Å². The molecule has 0 bridgehead atoms. The summed E-state index contributed by atoms with van der Waals surface area (Å²) in [4.78, 5) is 22.4. The van der Waals surface area contributed by atoms with Gasteiger partial charge in [-0.3, -0.25) is 9.59 Å². The Kier molecular flexibility index (Phi) is 7.02. The first-order valence-corrected chi connectivity index (χ1v) is 4.94. The molecule has 0 saturated carbocycles. The molecular formula is C10H19NO3. The van der Waals surface area contributed by atoms with Crippen molar-refractivity contribution in [1.82, 2.24) is 0 Å². The standard InChI is InChI=1S/C10H19NO3/c1-3-4-5-9(12)8(10(11)13)6-7-14-2/h8H,3-7H2,1-2H3,(H2,11,13). The van der Waals surface area contributed by atoms with Gasteiger partial charge < -0.3 is 10.5 Å². The Morgan fingerprint density at radius 2 is 2.07 bits per heavy atom. The van der Waals surface area contributed by atoms with Gasteiger partial charge in [-0.1, -0.05) is 13.3 Å². The van der Waals surface area contributed by atoms with Crippen molar-refractivity contribution >= 4 is 11.7 Å². The summed E-state index contributed by atoms with van der Waals surface area (Å²) in [6, 6.07) is 0. The normalized spacial score (nSPS) is 12.4. The van der Waals surface area contributed by atoms with E-state index in [1.54, 1.807) is 0 Å². The molecule has 0 aliphatic carbocycles. The van der Waals surface area contributed by atoms with Crippen molar-refractivity contribution < 1.29 is 14.3 Å². The first kappa shape index (κ1) is 13.1. The van der Waals surface area contributed by atoms with Gasteiger partial charge in [0.2, 0.25) is 5.91 Å². The molecule has 0 fully saturated rings. The van der Waals surface area contributed by atoms with Crippen LogP contribution in [0.15, 0.2) is 0 Å². The Bertz CT molecular complexity index is 192. The van der Waals surface area contributed by atoms with Crippen molar-refractivity contribution in [2.45, 2.75) is 32.6 Å². The molecule has 4 nitrogen and oxygen atoms in total. The number of carbonyl (C=O) groups excluding carboxylic acids is 2. The zero-order valence-corrected chi connectivity index (χ0v) is 8.91. The zero-order chi connectivity index (χ0) is 11.0. The molecule has 0 saturated heterocycles. The predicted octanol–water partition coefficient (Wildman–Crippen LogP) is 0.884. The number of hydrogen-bond acceptors (Lipinski definition) is 3. The lowest BCUT2D eigenvalue weighted by atomic mass is 9.96. The molecule has 1 amide bonds. The number of unbranched alkanes of at least 4 members (excludes halogenated alkanes) is 1. The molecule has 0 aliphatic heterocycles. The average Bonchev–Trinajstić information content (AvgIpc) is 2.14. The molecule has 0 aliphatic rings. The van der Waals surface area contributed by atoms with E-state index in [2.05, 4.69) is 0 Å². The van der Waals surface area contributed by atoms with Gasteiger partial charge in [0.25, 0.3) is 0 Å². The quantitative estimate of drug-likeness (QED) is 0.593. The molecule has 0 aromatic carbocycles. The minimum Gasteiger partial charge on any atom is -0.385 e. The highest BCUT2D eigenvalue weighted by Crippen LogP contribution is 2.09. The maximum absolute atomic E-state index is 11.5. The number of primary amides is 1. The SMILES string of the molecule is CCCCC(=O)C(CCOC)C(N)=O. The van der Waals surface area contributed by atoms with Crippen molar-refractivity contribution in [2.75, 3.05) is 13.7 Å². The third-order valence-electron chi connectivity index (χ3n) is 2.12. The van der Waals surface area contributed by atoms with E-state index in [1.165, 1.54) is 7.11 Å². The third kappa shape index (κ3) is 4.97. The van der Waals surface area contributed by atoms with Gasteiger partial charge in [-0.05, 0) is 12.8 Å². The van der Waals surface area contributed by atoms with Crippen molar-refractivity contribution in [3.05, 3.63) is 0 Å². The maximum atomic E-state index is 11.5. The molecular weight excluding hydrogens is 182 g/mol. The summed E-state index contributed by atoms with van der Waals surface area (Å²) < 4.78 is 4.82. The van der Waals surface area contributed by atoms with Crippen LogP contribution in [-0.2, 0) is 14.3 Å². The Morgan fingerprint density at radius 3 is 2.50 bits per heavy atom. The zero-order valence-electron chi connectivity index (χ0n) is 8.91. The summed E-state index contributed by atoms with van der Waals surface area (Å²) in [5.74, 6) is -1.26. The van der Waals surface area contributed by atoms with Gasteiger partial charge in [-0.15, -0.1) is 0 Å². The summed E-state index contributed by atoms with van der Waals surface area (Å²) >= 11 is 0. The number of nitrogens with two attached hydrogens (primary N) is 1. The third-order valence-corrected chi connectivity index (χ3v) is 2.12. The van der Waals surface area contributed by atoms with Crippen LogP contribution in [0.25, 0.3) is 0 Å². The van der Waals surface area contributed by atoms with E-state index < -0.39 is 11.8 Å². The van der Waals surface area contributed by atoms with E-state index >= 15 is 0 Å². The van der Waals surface area contributed by atoms with Gasteiger partial charge in [0.15, 0.2) is 0 Å². The molecule has 0 aromatic heterocycles. The highest BCUT2D eigenvalue weighted by Gasteiger charge is 2.22. The minimum absolute atomic E-state index is 0.0589. The van der Waals surface area contributed by atoms with Crippen LogP contribution in [-0.4, -0.2) is 25.4 Å². The number of ether oxygens (including phenoxy) is 1. The second-order valence-corrected chi connectivity index (χ2v) is 3.31. The van der Waals surface area contributed by atoms with Gasteiger partial charge in [0, 0.05) is 20.1 Å². The van der Waals surface area contributed by atoms with Gasteiger partial charge in [-0.25, -0.2) is 0 Å². The van der Waals surface area contributed by atoms with Crippen molar-refractivity contribution in [3.8, 4) is 0 Å². The van der Waals surface area contributed by atoms with E-state index in [0.29, 0.717) is 19.4 Å². The lowest BCUT2D eigenvalue weighted by Crippen LogP contribution is -2.31. The average molecular weight is 201 g/mol. The molecule has 0 spiro atoms. The number of carbonyl (C=O) groups is 2. The van der Waals surface area contributed by atoms with E-state index in [-0.39, 0.29) is 5.78 Å². The Labute approximate surface area is 84.8 Å². The monoisotopic (exact) mass is 201 g/mol. The molecule has 82 valence electrons. The van der Waals surface area contributed by atoms with Crippen LogP contribution in [0.2, 0.25) is 0 Å². The molecule has 2 N–H and O–H groups in total. The van der Waals surface area contributed by atoms with Crippen molar-refractivity contribution in [1.29, 1.82) is 0 Å². The summed E-state index contributed by atoms with van der Waals surface area (Å²) in [6.45, 7) is 2.40. The smallest absolute Gasteiger partial charge is 0.228 e. The van der Waals surface area contributed by atoms with E-state index in [1.807, 2.05) is 6.92 Å². The first-order chi connectivity index (χ1) is 6.63.